The van der Waals surface area contributed by atoms with E-state index in [9.17, 15) is 0 Å². The van der Waals surface area contributed by atoms with Crippen LogP contribution < -0.4 is 4.74 Å². The molecular weight excluding hydrogens is 352 g/mol. The van der Waals surface area contributed by atoms with Crippen LogP contribution in [0.4, 0.5) is 0 Å². The van der Waals surface area contributed by atoms with E-state index in [1.165, 1.54) is 5.69 Å². The molecule has 0 radical (unpaired) electrons. The summed E-state index contributed by atoms with van der Waals surface area (Å²) < 4.78 is 9.01. The minimum absolute atomic E-state index is 0.188. The predicted molar refractivity (Wildman–Crippen MR) is 109 cm³/mol. The molecule has 150 valence electrons. The smallest absolute Gasteiger partial charge is 0.213 e. The molecule has 1 atom stereocenters. The van der Waals surface area contributed by atoms with E-state index in [4.69, 9.17) is 14.8 Å². The Balaban J connectivity index is 1.92. The maximum Gasteiger partial charge on any atom is 0.213 e. The number of ether oxygens (including phenoxy) is 1. The molecule has 0 spiro atoms. The van der Waals surface area contributed by atoms with E-state index in [1.807, 2.05) is 40.8 Å². The number of hydrogen-bond acceptors (Lipinski definition) is 5. The van der Waals surface area contributed by atoms with E-state index >= 15 is 0 Å². The van der Waals surface area contributed by atoms with Crippen molar-refractivity contribution in [3.63, 3.8) is 0 Å². The molecule has 7 nitrogen and oxygen atoms in total. The van der Waals surface area contributed by atoms with Gasteiger partial charge in [-0.3, -0.25) is 4.68 Å². The fraction of sp³-hybridized carbons (Fsp3) is 0.524. The quantitative estimate of drug-likeness (QED) is 0.623. The van der Waals surface area contributed by atoms with Crippen molar-refractivity contribution in [1.82, 2.24) is 29.5 Å². The predicted octanol–water partition coefficient (Wildman–Crippen LogP) is 3.73. The van der Waals surface area contributed by atoms with Gasteiger partial charge in [0.25, 0.3) is 0 Å². The number of nitrogens with zero attached hydrogens (tertiary/aromatic N) is 6. The molecule has 0 amide bonds. The van der Waals surface area contributed by atoms with Gasteiger partial charge < -0.3 is 4.74 Å². The molecule has 0 N–H and O–H groups in total. The highest BCUT2D eigenvalue weighted by Gasteiger charge is 2.21. The van der Waals surface area contributed by atoms with Crippen LogP contribution in [0, 0.1) is 5.41 Å². The van der Waals surface area contributed by atoms with Crippen LogP contribution in [0.25, 0.3) is 5.69 Å². The largest absolute Gasteiger partial charge is 0.481 e. The van der Waals surface area contributed by atoms with Gasteiger partial charge in [-0.1, -0.05) is 27.7 Å². The van der Waals surface area contributed by atoms with E-state index in [2.05, 4.69) is 37.8 Å². The van der Waals surface area contributed by atoms with Crippen LogP contribution in [-0.4, -0.2) is 36.6 Å². The number of aromatic nitrogens is 6. The number of pyridine rings is 1. The van der Waals surface area contributed by atoms with Crippen LogP contribution in [0.3, 0.4) is 0 Å². The Kier molecular flexibility index (Phi) is 5.82. The molecule has 0 aromatic carbocycles. The number of rotatable bonds is 7. The van der Waals surface area contributed by atoms with E-state index in [-0.39, 0.29) is 11.3 Å². The second-order valence-corrected chi connectivity index (χ2v) is 8.47. The van der Waals surface area contributed by atoms with Crippen molar-refractivity contribution in [2.45, 2.75) is 52.9 Å². The lowest BCUT2D eigenvalue weighted by molar-refractivity contribution is 0.374. The second kappa shape index (κ2) is 8.12. The number of methoxy groups -OCH3 is 1. The Morgan fingerprint density at radius 3 is 2.54 bits per heavy atom. The van der Waals surface area contributed by atoms with Crippen molar-refractivity contribution >= 4 is 0 Å². The Labute approximate surface area is 166 Å². The lowest BCUT2D eigenvalue weighted by Crippen LogP contribution is -2.11. The minimum atomic E-state index is 0.188. The molecule has 7 heteroatoms. The third-order valence-electron chi connectivity index (χ3n) is 4.83. The van der Waals surface area contributed by atoms with Crippen LogP contribution in [0.5, 0.6) is 5.88 Å². The molecule has 0 saturated carbocycles. The summed E-state index contributed by atoms with van der Waals surface area (Å²) in [6.45, 7) is 8.90. The zero-order valence-corrected chi connectivity index (χ0v) is 17.7. The van der Waals surface area contributed by atoms with E-state index in [0.717, 1.165) is 36.6 Å². The van der Waals surface area contributed by atoms with Gasteiger partial charge in [0, 0.05) is 37.3 Å². The SMILES string of the molecule is COc1ccc(-n2nc(CCC(C)(C)C)nc2C(C)Cc2ccnn2C)cn1. The van der Waals surface area contributed by atoms with Gasteiger partial charge in [-0.15, -0.1) is 0 Å². The van der Waals surface area contributed by atoms with Crippen LogP contribution in [0.1, 0.15) is 57.4 Å². The van der Waals surface area contributed by atoms with E-state index in [0.29, 0.717) is 5.88 Å². The van der Waals surface area contributed by atoms with Crippen LogP contribution in [0.2, 0.25) is 0 Å². The van der Waals surface area contributed by atoms with Gasteiger partial charge in [-0.25, -0.2) is 14.6 Å². The molecule has 3 rings (SSSR count). The molecule has 0 fully saturated rings. The highest BCUT2D eigenvalue weighted by molar-refractivity contribution is 5.32. The second-order valence-electron chi connectivity index (χ2n) is 8.47. The van der Waals surface area contributed by atoms with Gasteiger partial charge in [0.05, 0.1) is 19.0 Å². The van der Waals surface area contributed by atoms with Gasteiger partial charge in [0.1, 0.15) is 5.82 Å². The first kappa shape index (κ1) is 20.0. The van der Waals surface area contributed by atoms with Gasteiger partial charge >= 0.3 is 0 Å². The third-order valence-corrected chi connectivity index (χ3v) is 4.83. The number of hydrogen-bond donors (Lipinski definition) is 0. The highest BCUT2D eigenvalue weighted by Crippen LogP contribution is 2.25. The third kappa shape index (κ3) is 4.77. The van der Waals surface area contributed by atoms with Crippen LogP contribution >= 0.6 is 0 Å². The molecule has 3 aromatic rings. The summed E-state index contributed by atoms with van der Waals surface area (Å²) in [6, 6.07) is 5.86. The molecule has 0 aliphatic heterocycles. The molecule has 0 bridgehead atoms. The van der Waals surface area contributed by atoms with Crippen molar-refractivity contribution in [2.24, 2.45) is 12.5 Å². The molecule has 0 saturated heterocycles. The first-order chi connectivity index (χ1) is 13.3. The summed E-state index contributed by atoms with van der Waals surface area (Å²) in [5.74, 6) is 2.59. The van der Waals surface area contributed by atoms with E-state index < -0.39 is 0 Å². The number of aryl methyl sites for hydroxylation is 2. The lowest BCUT2D eigenvalue weighted by Gasteiger charge is -2.16. The zero-order chi connectivity index (χ0) is 20.3. The molecule has 3 aromatic heterocycles. The van der Waals surface area contributed by atoms with Crippen molar-refractivity contribution in [2.75, 3.05) is 7.11 Å². The van der Waals surface area contributed by atoms with Crippen molar-refractivity contribution in [3.05, 3.63) is 47.9 Å². The molecule has 28 heavy (non-hydrogen) atoms. The summed E-state index contributed by atoms with van der Waals surface area (Å²) in [5.41, 5.74) is 2.31. The fourth-order valence-electron chi connectivity index (χ4n) is 3.10. The topological polar surface area (TPSA) is 70.7 Å². The van der Waals surface area contributed by atoms with Crippen LogP contribution in [0.15, 0.2) is 30.6 Å². The maximum absolute atomic E-state index is 5.18. The summed E-state index contributed by atoms with van der Waals surface area (Å²) >= 11 is 0. The van der Waals surface area contributed by atoms with E-state index in [1.54, 1.807) is 13.3 Å². The summed E-state index contributed by atoms with van der Waals surface area (Å²) in [4.78, 5) is 9.24. The first-order valence-electron chi connectivity index (χ1n) is 9.70. The Morgan fingerprint density at radius 2 is 1.96 bits per heavy atom. The highest BCUT2D eigenvalue weighted by atomic mass is 16.5. The summed E-state index contributed by atoms with van der Waals surface area (Å²) in [7, 11) is 3.58. The molecule has 0 aliphatic rings. The Hall–Kier alpha value is -2.70. The lowest BCUT2D eigenvalue weighted by atomic mass is 9.90. The van der Waals surface area contributed by atoms with Gasteiger partial charge in [0.2, 0.25) is 5.88 Å². The zero-order valence-electron chi connectivity index (χ0n) is 17.7. The van der Waals surface area contributed by atoms with Crippen LogP contribution in [-0.2, 0) is 19.9 Å². The summed E-state index contributed by atoms with van der Waals surface area (Å²) in [5, 5.41) is 9.09. The summed E-state index contributed by atoms with van der Waals surface area (Å²) in [6.07, 6.45) is 6.34. The Bertz CT molecular complexity index is 904. The molecular formula is C21H30N6O. The van der Waals surface area contributed by atoms with Crippen molar-refractivity contribution in [1.29, 1.82) is 0 Å². The molecule has 0 aliphatic carbocycles. The Morgan fingerprint density at radius 1 is 1.18 bits per heavy atom. The molecule has 3 heterocycles. The first-order valence-corrected chi connectivity index (χ1v) is 9.70. The fourth-order valence-corrected chi connectivity index (χ4v) is 3.10. The van der Waals surface area contributed by atoms with Gasteiger partial charge in [0.15, 0.2) is 5.82 Å². The van der Waals surface area contributed by atoms with Crippen molar-refractivity contribution < 1.29 is 4.74 Å². The van der Waals surface area contributed by atoms with Crippen molar-refractivity contribution in [3.8, 4) is 11.6 Å². The van der Waals surface area contributed by atoms with Gasteiger partial charge in [-0.05, 0) is 30.4 Å². The monoisotopic (exact) mass is 382 g/mol. The van der Waals surface area contributed by atoms with Gasteiger partial charge in [-0.2, -0.15) is 10.2 Å². The average Bonchev–Trinajstić information content (AvgIpc) is 3.26. The molecule has 1 unspecified atom stereocenters. The standard InChI is InChI=1S/C21H30N6O/c1-15(13-16-10-12-23-26(16)5)20-24-18(9-11-21(2,3)4)25-27(20)17-7-8-19(28-6)22-14-17/h7-8,10,12,14-15H,9,11,13H2,1-6H3. The average molecular weight is 383 g/mol. The normalized spacial score (nSPS) is 12.9. The maximum atomic E-state index is 5.18. The minimum Gasteiger partial charge on any atom is -0.481 e.